The number of nitrogens with zero attached hydrogens (tertiary/aromatic N) is 2. The average Bonchev–Trinajstić information content (AvgIpc) is 2.47. The zero-order valence-electron chi connectivity index (χ0n) is 6.34. The summed E-state index contributed by atoms with van der Waals surface area (Å²) in [6, 6.07) is 4.16. The van der Waals surface area contributed by atoms with Gasteiger partial charge in [-0.2, -0.15) is 4.40 Å². The fraction of sp³-hybridized carbons (Fsp3) is 0. The third kappa shape index (κ3) is 1.25. The molecule has 1 aromatic rings. The van der Waals surface area contributed by atoms with Crippen LogP contribution in [0.15, 0.2) is 27.5 Å². The lowest BCUT2D eigenvalue weighted by atomic mass is 10.2. The van der Waals surface area contributed by atoms with Gasteiger partial charge in [0, 0.05) is 23.9 Å². The number of rotatable bonds is 1. The van der Waals surface area contributed by atoms with Gasteiger partial charge < -0.3 is 0 Å². The second-order valence-electron chi connectivity index (χ2n) is 2.46. The highest BCUT2D eigenvalue weighted by molar-refractivity contribution is 7.84. The van der Waals surface area contributed by atoms with Crippen molar-refractivity contribution in [2.75, 3.05) is 0 Å². The largest absolute Gasteiger partial charge is 0.270 e. The molecule has 0 radical (unpaired) electrons. The number of nitro groups is 1. The van der Waals surface area contributed by atoms with Gasteiger partial charge in [-0.1, -0.05) is 0 Å². The third-order valence-corrected chi connectivity index (χ3v) is 2.72. The van der Waals surface area contributed by atoms with Gasteiger partial charge in [-0.25, -0.2) is 4.21 Å². The summed E-state index contributed by atoms with van der Waals surface area (Å²) in [5.74, 6) is 0. The van der Waals surface area contributed by atoms with Crippen molar-refractivity contribution in [1.29, 1.82) is 0 Å². The fourth-order valence-corrected chi connectivity index (χ4v) is 1.89. The number of hydrogen-bond donors (Lipinski definition) is 0. The standard InChI is InChI=1S/C7H4N2O3S/c10-9(11)6-1-2-7-5(3-6)4-8-13(7)12/h1-4H. The molecule has 0 aliphatic carbocycles. The number of nitro benzene ring substituents is 1. The van der Waals surface area contributed by atoms with Crippen LogP contribution in [0.1, 0.15) is 5.56 Å². The first-order valence-electron chi connectivity index (χ1n) is 3.43. The SMILES string of the molecule is O=[N+]([O-])c1ccc2c(c1)C=NS2=O. The Kier molecular flexibility index (Phi) is 1.70. The van der Waals surface area contributed by atoms with Crippen molar-refractivity contribution in [2.24, 2.45) is 4.40 Å². The Morgan fingerprint density at radius 1 is 1.46 bits per heavy atom. The van der Waals surface area contributed by atoms with Gasteiger partial charge in [0.15, 0.2) is 11.0 Å². The molecule has 66 valence electrons. The van der Waals surface area contributed by atoms with E-state index in [1.54, 1.807) is 0 Å². The monoisotopic (exact) mass is 196 g/mol. The molecule has 5 nitrogen and oxygen atoms in total. The van der Waals surface area contributed by atoms with Crippen LogP contribution < -0.4 is 0 Å². The van der Waals surface area contributed by atoms with Gasteiger partial charge in [0.05, 0.1) is 9.82 Å². The van der Waals surface area contributed by atoms with E-state index in [9.17, 15) is 14.3 Å². The van der Waals surface area contributed by atoms with Crippen LogP contribution in [0, 0.1) is 10.1 Å². The van der Waals surface area contributed by atoms with Gasteiger partial charge >= 0.3 is 0 Å². The Hall–Kier alpha value is -1.56. The molecule has 1 heterocycles. The molecule has 0 bridgehead atoms. The smallest absolute Gasteiger partial charge is 0.258 e. The highest BCUT2D eigenvalue weighted by atomic mass is 32.2. The predicted molar refractivity (Wildman–Crippen MR) is 47.1 cm³/mol. The van der Waals surface area contributed by atoms with Crippen LogP contribution in [0.25, 0.3) is 0 Å². The highest BCUT2D eigenvalue weighted by Gasteiger charge is 2.17. The quantitative estimate of drug-likeness (QED) is 0.497. The van der Waals surface area contributed by atoms with Gasteiger partial charge in [-0.3, -0.25) is 10.1 Å². The summed E-state index contributed by atoms with van der Waals surface area (Å²) >= 11 is 0. The normalized spacial score (nSPS) is 18.6. The van der Waals surface area contributed by atoms with E-state index < -0.39 is 15.9 Å². The van der Waals surface area contributed by atoms with Crippen LogP contribution in [0.2, 0.25) is 0 Å². The molecule has 0 amide bonds. The first-order valence-corrected chi connectivity index (χ1v) is 4.53. The summed E-state index contributed by atoms with van der Waals surface area (Å²) in [7, 11) is -1.37. The molecular weight excluding hydrogens is 192 g/mol. The second kappa shape index (κ2) is 2.74. The van der Waals surface area contributed by atoms with E-state index in [0.29, 0.717) is 10.5 Å². The zero-order valence-corrected chi connectivity index (χ0v) is 7.15. The molecule has 0 fully saturated rings. The Labute approximate surface area is 75.8 Å². The molecule has 0 saturated carbocycles. The molecule has 0 spiro atoms. The van der Waals surface area contributed by atoms with E-state index in [0.717, 1.165) is 0 Å². The maximum Gasteiger partial charge on any atom is 0.270 e. The summed E-state index contributed by atoms with van der Waals surface area (Å²) in [5.41, 5.74) is 0.552. The average molecular weight is 196 g/mol. The van der Waals surface area contributed by atoms with E-state index in [1.807, 2.05) is 0 Å². The van der Waals surface area contributed by atoms with Crippen molar-refractivity contribution in [1.82, 2.24) is 0 Å². The molecule has 1 aliphatic heterocycles. The maximum atomic E-state index is 11.1. The topological polar surface area (TPSA) is 72.6 Å². The van der Waals surface area contributed by atoms with Gasteiger partial charge in [-0.05, 0) is 6.07 Å². The van der Waals surface area contributed by atoms with Crippen molar-refractivity contribution in [3.63, 3.8) is 0 Å². The summed E-state index contributed by atoms with van der Waals surface area (Å²) in [5, 5.41) is 10.4. The fourth-order valence-electron chi connectivity index (χ4n) is 1.07. The van der Waals surface area contributed by atoms with E-state index in [1.165, 1.54) is 24.4 Å². The lowest BCUT2D eigenvalue weighted by Gasteiger charge is -1.94. The number of fused-ring (bicyclic) bond motifs is 1. The summed E-state index contributed by atoms with van der Waals surface area (Å²) < 4.78 is 14.7. The van der Waals surface area contributed by atoms with Crippen LogP contribution in [0.5, 0.6) is 0 Å². The molecule has 0 aromatic heterocycles. The first kappa shape index (κ1) is 8.06. The van der Waals surface area contributed by atoms with Crippen molar-refractivity contribution in [3.8, 4) is 0 Å². The van der Waals surface area contributed by atoms with Crippen molar-refractivity contribution < 1.29 is 9.13 Å². The van der Waals surface area contributed by atoms with Crippen LogP contribution in [0.4, 0.5) is 5.69 Å². The van der Waals surface area contributed by atoms with E-state index >= 15 is 0 Å². The van der Waals surface area contributed by atoms with Crippen LogP contribution in [-0.2, 0) is 11.0 Å². The van der Waals surface area contributed by atoms with Crippen molar-refractivity contribution in [3.05, 3.63) is 33.9 Å². The summed E-state index contributed by atoms with van der Waals surface area (Å²) in [6.45, 7) is 0. The highest BCUT2D eigenvalue weighted by Crippen LogP contribution is 2.23. The van der Waals surface area contributed by atoms with Gasteiger partial charge in [0.25, 0.3) is 5.69 Å². The molecule has 1 aromatic carbocycles. The van der Waals surface area contributed by atoms with Crippen LogP contribution in [-0.4, -0.2) is 15.3 Å². The van der Waals surface area contributed by atoms with Gasteiger partial charge in [0.2, 0.25) is 0 Å². The number of non-ortho nitro benzene ring substituents is 1. The summed E-state index contributed by atoms with van der Waals surface area (Å²) in [6.07, 6.45) is 1.39. The van der Waals surface area contributed by atoms with E-state index in [4.69, 9.17) is 0 Å². The lowest BCUT2D eigenvalue weighted by molar-refractivity contribution is -0.384. The summed E-state index contributed by atoms with van der Waals surface area (Å²) in [4.78, 5) is 10.4. The molecule has 2 rings (SSSR count). The van der Waals surface area contributed by atoms with Gasteiger partial charge in [-0.15, -0.1) is 0 Å². The minimum absolute atomic E-state index is 0.0101. The minimum Gasteiger partial charge on any atom is -0.258 e. The Balaban J connectivity index is 2.57. The van der Waals surface area contributed by atoms with Crippen LogP contribution in [0.3, 0.4) is 0 Å². The zero-order chi connectivity index (χ0) is 9.42. The maximum absolute atomic E-state index is 11.1. The predicted octanol–water partition coefficient (Wildman–Crippen LogP) is 1.05. The van der Waals surface area contributed by atoms with E-state index in [2.05, 4.69) is 4.40 Å². The van der Waals surface area contributed by atoms with Crippen molar-refractivity contribution >= 4 is 22.9 Å². The second-order valence-corrected chi connectivity index (χ2v) is 3.61. The number of hydrogen-bond acceptors (Lipinski definition) is 3. The molecule has 1 unspecified atom stereocenters. The molecule has 13 heavy (non-hydrogen) atoms. The van der Waals surface area contributed by atoms with E-state index in [-0.39, 0.29) is 5.69 Å². The molecule has 6 heteroatoms. The third-order valence-electron chi connectivity index (χ3n) is 1.68. The molecule has 0 N–H and O–H groups in total. The molecule has 1 aliphatic rings. The lowest BCUT2D eigenvalue weighted by Crippen LogP contribution is -1.91. The van der Waals surface area contributed by atoms with Crippen molar-refractivity contribution in [2.45, 2.75) is 4.90 Å². The Morgan fingerprint density at radius 2 is 2.23 bits per heavy atom. The number of benzene rings is 1. The minimum atomic E-state index is -1.37. The van der Waals surface area contributed by atoms with Crippen LogP contribution >= 0.6 is 0 Å². The first-order chi connectivity index (χ1) is 6.18. The molecule has 1 atom stereocenters. The Morgan fingerprint density at radius 3 is 2.92 bits per heavy atom. The molecular formula is C7H4N2O3S. The molecule has 0 saturated heterocycles. The van der Waals surface area contributed by atoms with Gasteiger partial charge in [0.1, 0.15) is 0 Å². The Bertz CT molecular complexity index is 441.